The number of hydrogen-bond donors (Lipinski definition) is 0. The third-order valence-electron chi connectivity index (χ3n) is 4.56. The van der Waals surface area contributed by atoms with E-state index in [9.17, 15) is 9.59 Å². The number of carbonyl (C=O) groups excluding carboxylic acids is 2. The number of aromatic nitrogens is 1. The fourth-order valence-corrected chi connectivity index (χ4v) is 3.35. The van der Waals surface area contributed by atoms with Gasteiger partial charge in [0, 0.05) is 35.6 Å². The summed E-state index contributed by atoms with van der Waals surface area (Å²) < 4.78 is 12.6. The van der Waals surface area contributed by atoms with Gasteiger partial charge in [-0.3, -0.25) is 14.5 Å². The van der Waals surface area contributed by atoms with Crippen molar-refractivity contribution in [1.29, 1.82) is 0 Å². The second kappa shape index (κ2) is 7.51. The maximum atomic E-state index is 12.9. The molecule has 0 spiro atoms. The van der Waals surface area contributed by atoms with Gasteiger partial charge in [-0.05, 0) is 38.1 Å². The average molecular weight is 377 g/mol. The van der Waals surface area contributed by atoms with Crippen molar-refractivity contribution in [1.82, 2.24) is 4.57 Å². The molecule has 1 aliphatic heterocycles. The molecule has 0 aliphatic carbocycles. The largest absolute Gasteiger partial charge is 0.482 e. The number of rotatable bonds is 6. The zero-order valence-electron chi connectivity index (χ0n) is 15.0. The number of aryl methyl sites for hydroxylation is 1. The molecule has 0 atom stereocenters. The molecule has 138 valence electrons. The van der Waals surface area contributed by atoms with Crippen LogP contribution in [0.1, 0.15) is 21.7 Å². The molecule has 26 heavy (non-hydrogen) atoms. The number of ketones is 1. The van der Waals surface area contributed by atoms with Gasteiger partial charge >= 0.3 is 0 Å². The van der Waals surface area contributed by atoms with Crippen molar-refractivity contribution in [2.24, 2.45) is 0 Å². The highest BCUT2D eigenvalue weighted by Gasteiger charge is 2.29. The Bertz CT molecular complexity index is 859. The van der Waals surface area contributed by atoms with Gasteiger partial charge < -0.3 is 14.0 Å². The molecular weight excluding hydrogens is 356 g/mol. The van der Waals surface area contributed by atoms with Crippen LogP contribution in [-0.2, 0) is 16.1 Å². The number of Topliss-reactive ketones (excluding diaryl/α,β-unsaturated/α-hetero) is 1. The van der Waals surface area contributed by atoms with Crippen molar-refractivity contribution in [2.75, 3.05) is 31.8 Å². The zero-order valence-corrected chi connectivity index (χ0v) is 15.8. The topological polar surface area (TPSA) is 60.8 Å². The van der Waals surface area contributed by atoms with Crippen LogP contribution in [0.25, 0.3) is 0 Å². The van der Waals surface area contributed by atoms with Gasteiger partial charge in [-0.25, -0.2) is 0 Å². The zero-order chi connectivity index (χ0) is 18.8. The Labute approximate surface area is 157 Å². The van der Waals surface area contributed by atoms with Crippen LogP contribution in [-0.4, -0.2) is 43.1 Å². The molecule has 0 unspecified atom stereocenters. The van der Waals surface area contributed by atoms with Crippen LogP contribution in [0, 0.1) is 13.8 Å². The van der Waals surface area contributed by atoms with Crippen LogP contribution >= 0.6 is 11.6 Å². The molecule has 7 heteroatoms. The molecule has 0 saturated heterocycles. The van der Waals surface area contributed by atoms with E-state index < -0.39 is 0 Å². The molecule has 0 bridgehead atoms. The molecule has 0 N–H and O–H groups in total. The summed E-state index contributed by atoms with van der Waals surface area (Å²) in [6.45, 7) is 4.96. The third kappa shape index (κ3) is 3.48. The minimum Gasteiger partial charge on any atom is -0.482 e. The van der Waals surface area contributed by atoms with Crippen molar-refractivity contribution in [3.8, 4) is 5.75 Å². The molecular formula is C19H21ClN2O4. The van der Waals surface area contributed by atoms with E-state index in [-0.39, 0.29) is 24.8 Å². The molecule has 1 aliphatic rings. The molecule has 0 saturated carbocycles. The molecule has 1 aromatic heterocycles. The van der Waals surface area contributed by atoms with E-state index in [1.54, 1.807) is 25.3 Å². The number of carbonyl (C=O) groups is 2. The quantitative estimate of drug-likeness (QED) is 0.727. The van der Waals surface area contributed by atoms with Gasteiger partial charge in [-0.1, -0.05) is 11.6 Å². The molecule has 1 amide bonds. The lowest BCUT2D eigenvalue weighted by Gasteiger charge is -2.29. The standard InChI is InChI=1S/C19H21ClN2O4/c1-12-8-15(13(2)21(12)6-7-25-3)17(23)10-22-16-9-14(20)4-5-18(16)26-11-19(22)24/h4-5,8-9H,6-7,10-11H2,1-3H3. The maximum Gasteiger partial charge on any atom is 0.265 e. The first-order chi connectivity index (χ1) is 12.4. The number of fused-ring (bicyclic) bond motifs is 1. The number of benzene rings is 1. The predicted molar refractivity (Wildman–Crippen MR) is 99.4 cm³/mol. The van der Waals surface area contributed by atoms with Crippen LogP contribution in [0.4, 0.5) is 5.69 Å². The Hall–Kier alpha value is -2.31. The van der Waals surface area contributed by atoms with Gasteiger partial charge in [0.2, 0.25) is 0 Å². The smallest absolute Gasteiger partial charge is 0.265 e. The van der Waals surface area contributed by atoms with Gasteiger partial charge in [0.25, 0.3) is 5.91 Å². The van der Waals surface area contributed by atoms with E-state index in [4.69, 9.17) is 21.1 Å². The van der Waals surface area contributed by atoms with Gasteiger partial charge in [0.05, 0.1) is 18.8 Å². The minimum atomic E-state index is -0.263. The number of ether oxygens (including phenoxy) is 2. The Morgan fingerprint density at radius 3 is 2.81 bits per heavy atom. The van der Waals surface area contributed by atoms with Gasteiger partial charge in [-0.2, -0.15) is 0 Å². The molecule has 1 aromatic carbocycles. The van der Waals surface area contributed by atoms with E-state index in [1.165, 1.54) is 4.90 Å². The summed E-state index contributed by atoms with van der Waals surface area (Å²) in [7, 11) is 1.65. The van der Waals surface area contributed by atoms with Crippen molar-refractivity contribution in [3.63, 3.8) is 0 Å². The van der Waals surface area contributed by atoms with E-state index >= 15 is 0 Å². The summed E-state index contributed by atoms with van der Waals surface area (Å²) >= 11 is 6.05. The van der Waals surface area contributed by atoms with Crippen molar-refractivity contribution < 1.29 is 19.1 Å². The SMILES string of the molecule is COCCn1c(C)cc(C(=O)CN2C(=O)COc3ccc(Cl)cc32)c1C. The van der Waals surface area contributed by atoms with Crippen molar-refractivity contribution >= 4 is 29.0 Å². The lowest BCUT2D eigenvalue weighted by atomic mass is 10.1. The number of hydrogen-bond acceptors (Lipinski definition) is 4. The Morgan fingerprint density at radius 2 is 2.08 bits per heavy atom. The molecule has 6 nitrogen and oxygen atoms in total. The van der Waals surface area contributed by atoms with Crippen LogP contribution in [0.15, 0.2) is 24.3 Å². The van der Waals surface area contributed by atoms with Crippen LogP contribution in [0.5, 0.6) is 5.75 Å². The predicted octanol–water partition coefficient (Wildman–Crippen LogP) is 3.01. The van der Waals surface area contributed by atoms with Crippen molar-refractivity contribution in [2.45, 2.75) is 20.4 Å². The Morgan fingerprint density at radius 1 is 1.31 bits per heavy atom. The number of halogens is 1. The first kappa shape index (κ1) is 18.5. The second-order valence-corrected chi connectivity index (χ2v) is 6.67. The first-order valence-electron chi connectivity index (χ1n) is 8.34. The highest BCUT2D eigenvalue weighted by molar-refractivity contribution is 6.31. The van der Waals surface area contributed by atoms with E-state index in [2.05, 4.69) is 0 Å². The van der Waals surface area contributed by atoms with Crippen molar-refractivity contribution in [3.05, 3.63) is 46.2 Å². The minimum absolute atomic E-state index is 0.0515. The summed E-state index contributed by atoms with van der Waals surface area (Å²) in [4.78, 5) is 26.7. The highest BCUT2D eigenvalue weighted by Crippen LogP contribution is 2.34. The molecule has 2 aromatic rings. The van der Waals surface area contributed by atoms with E-state index in [0.717, 1.165) is 11.4 Å². The van der Waals surface area contributed by atoms with Crippen LogP contribution in [0.2, 0.25) is 5.02 Å². The number of nitrogens with zero attached hydrogens (tertiary/aromatic N) is 2. The summed E-state index contributed by atoms with van der Waals surface area (Å²) in [5, 5.41) is 0.484. The second-order valence-electron chi connectivity index (χ2n) is 6.23. The maximum absolute atomic E-state index is 12.9. The summed E-state index contributed by atoms with van der Waals surface area (Å²) in [5.74, 6) is 0.164. The fraction of sp³-hybridized carbons (Fsp3) is 0.368. The number of anilines is 1. The fourth-order valence-electron chi connectivity index (χ4n) is 3.19. The van der Waals surface area contributed by atoms with Crippen LogP contribution < -0.4 is 9.64 Å². The Kier molecular flexibility index (Phi) is 5.34. The number of methoxy groups -OCH3 is 1. The molecule has 2 heterocycles. The Balaban J connectivity index is 1.87. The highest BCUT2D eigenvalue weighted by atomic mass is 35.5. The normalized spacial score (nSPS) is 13.5. The third-order valence-corrected chi connectivity index (χ3v) is 4.79. The van der Waals surface area contributed by atoms with E-state index in [1.807, 2.05) is 24.5 Å². The van der Waals surface area contributed by atoms with Crippen LogP contribution in [0.3, 0.4) is 0 Å². The molecule has 0 radical (unpaired) electrons. The summed E-state index contributed by atoms with van der Waals surface area (Å²) in [5.41, 5.74) is 2.99. The summed E-state index contributed by atoms with van der Waals surface area (Å²) in [6.07, 6.45) is 0. The lowest BCUT2D eigenvalue weighted by molar-refractivity contribution is -0.121. The lowest BCUT2D eigenvalue weighted by Crippen LogP contribution is -2.42. The van der Waals surface area contributed by atoms with Gasteiger partial charge in [0.15, 0.2) is 12.4 Å². The van der Waals surface area contributed by atoms with Gasteiger partial charge in [-0.15, -0.1) is 0 Å². The summed E-state index contributed by atoms with van der Waals surface area (Å²) in [6, 6.07) is 6.90. The molecule has 0 fully saturated rings. The monoisotopic (exact) mass is 376 g/mol. The van der Waals surface area contributed by atoms with Gasteiger partial charge in [0.1, 0.15) is 5.75 Å². The molecule has 3 rings (SSSR count). The first-order valence-corrected chi connectivity index (χ1v) is 8.71. The van der Waals surface area contributed by atoms with E-state index in [0.29, 0.717) is 35.2 Å². The average Bonchev–Trinajstić information content (AvgIpc) is 2.90. The number of amides is 1.